The second-order valence-electron chi connectivity index (χ2n) is 5.74. The van der Waals surface area contributed by atoms with Gasteiger partial charge in [0.15, 0.2) is 0 Å². The van der Waals surface area contributed by atoms with E-state index < -0.39 is 5.60 Å². The van der Waals surface area contributed by atoms with E-state index in [1.54, 1.807) is 6.92 Å². The molecule has 0 aromatic carbocycles. The highest BCUT2D eigenvalue weighted by Gasteiger charge is 2.22. The summed E-state index contributed by atoms with van der Waals surface area (Å²) in [6.07, 6.45) is 8.49. The lowest BCUT2D eigenvalue weighted by atomic mass is 9.85. The van der Waals surface area contributed by atoms with Crippen LogP contribution >= 0.6 is 0 Å². The van der Waals surface area contributed by atoms with Gasteiger partial charge in [-0.05, 0) is 38.5 Å². The molecule has 0 aromatic rings. The standard InChI is InChI=1S/C14H29NO2/c1-3-12-6-4-7-13(10-12)17-9-5-8-14(2,16)11-15/h12-13,16H,3-11,15H2,1-2H3. The van der Waals surface area contributed by atoms with Crippen LogP contribution in [0.25, 0.3) is 0 Å². The SMILES string of the molecule is CCC1CCCC(OCCCC(C)(O)CN)C1. The third kappa shape index (κ3) is 5.84. The second-order valence-corrected chi connectivity index (χ2v) is 5.74. The van der Waals surface area contributed by atoms with E-state index in [0.717, 1.165) is 25.4 Å². The second kappa shape index (κ2) is 7.34. The minimum absolute atomic E-state index is 0.328. The van der Waals surface area contributed by atoms with Gasteiger partial charge in [0, 0.05) is 13.2 Å². The molecule has 1 aliphatic carbocycles. The lowest BCUT2D eigenvalue weighted by Crippen LogP contribution is -2.34. The summed E-state index contributed by atoms with van der Waals surface area (Å²) in [6, 6.07) is 0. The fourth-order valence-electron chi connectivity index (χ4n) is 2.57. The fraction of sp³-hybridized carbons (Fsp3) is 1.00. The molecule has 0 aromatic heterocycles. The third-order valence-electron chi connectivity index (χ3n) is 3.97. The molecule has 1 fully saturated rings. The Morgan fingerprint density at radius 2 is 2.18 bits per heavy atom. The number of hydrogen-bond acceptors (Lipinski definition) is 3. The van der Waals surface area contributed by atoms with Gasteiger partial charge in [-0.1, -0.05) is 26.2 Å². The van der Waals surface area contributed by atoms with Gasteiger partial charge in [0.25, 0.3) is 0 Å². The van der Waals surface area contributed by atoms with Crippen molar-refractivity contribution in [3.63, 3.8) is 0 Å². The van der Waals surface area contributed by atoms with Gasteiger partial charge in [0.05, 0.1) is 11.7 Å². The highest BCUT2D eigenvalue weighted by atomic mass is 16.5. The summed E-state index contributed by atoms with van der Waals surface area (Å²) in [5, 5.41) is 9.76. The maximum Gasteiger partial charge on any atom is 0.0742 e. The fourth-order valence-corrected chi connectivity index (χ4v) is 2.57. The molecule has 3 atom stereocenters. The summed E-state index contributed by atoms with van der Waals surface area (Å²) in [5.41, 5.74) is 4.76. The minimum atomic E-state index is -0.720. The summed E-state index contributed by atoms with van der Waals surface area (Å²) < 4.78 is 5.90. The largest absolute Gasteiger partial charge is 0.389 e. The average molecular weight is 243 g/mol. The molecule has 17 heavy (non-hydrogen) atoms. The number of hydrogen-bond donors (Lipinski definition) is 2. The molecule has 0 radical (unpaired) electrons. The minimum Gasteiger partial charge on any atom is -0.389 e. The maximum atomic E-state index is 9.76. The molecule has 1 rings (SSSR count). The van der Waals surface area contributed by atoms with E-state index in [4.69, 9.17) is 10.5 Å². The van der Waals surface area contributed by atoms with Crippen LogP contribution in [0.15, 0.2) is 0 Å². The van der Waals surface area contributed by atoms with Crippen molar-refractivity contribution in [3.8, 4) is 0 Å². The molecule has 3 unspecified atom stereocenters. The van der Waals surface area contributed by atoms with Gasteiger partial charge in [-0.3, -0.25) is 0 Å². The van der Waals surface area contributed by atoms with E-state index in [-0.39, 0.29) is 0 Å². The van der Waals surface area contributed by atoms with Crippen molar-refractivity contribution in [1.82, 2.24) is 0 Å². The van der Waals surface area contributed by atoms with Gasteiger partial charge < -0.3 is 15.6 Å². The van der Waals surface area contributed by atoms with Gasteiger partial charge in [-0.15, -0.1) is 0 Å². The number of rotatable bonds is 7. The van der Waals surface area contributed by atoms with E-state index in [9.17, 15) is 5.11 Å². The first-order valence-corrected chi connectivity index (χ1v) is 7.11. The van der Waals surface area contributed by atoms with Crippen molar-refractivity contribution in [1.29, 1.82) is 0 Å². The van der Waals surface area contributed by atoms with Crippen molar-refractivity contribution in [3.05, 3.63) is 0 Å². The lowest BCUT2D eigenvalue weighted by Gasteiger charge is -2.29. The van der Waals surface area contributed by atoms with E-state index in [0.29, 0.717) is 12.6 Å². The summed E-state index contributed by atoms with van der Waals surface area (Å²) in [6.45, 7) is 5.15. The topological polar surface area (TPSA) is 55.5 Å². The van der Waals surface area contributed by atoms with Crippen LogP contribution in [-0.2, 0) is 4.74 Å². The van der Waals surface area contributed by atoms with Gasteiger partial charge >= 0.3 is 0 Å². The predicted molar refractivity (Wildman–Crippen MR) is 70.9 cm³/mol. The molecule has 0 aliphatic heterocycles. The summed E-state index contributed by atoms with van der Waals surface area (Å²) in [5.74, 6) is 0.862. The zero-order valence-electron chi connectivity index (χ0n) is 11.5. The van der Waals surface area contributed by atoms with Crippen LogP contribution < -0.4 is 5.73 Å². The molecule has 0 saturated heterocycles. The Bertz CT molecular complexity index is 206. The molecule has 3 heteroatoms. The van der Waals surface area contributed by atoms with Crippen LogP contribution in [0.1, 0.15) is 58.8 Å². The van der Waals surface area contributed by atoms with Crippen LogP contribution in [-0.4, -0.2) is 30.0 Å². The Morgan fingerprint density at radius 1 is 1.41 bits per heavy atom. The molecule has 1 saturated carbocycles. The zero-order valence-corrected chi connectivity index (χ0v) is 11.5. The van der Waals surface area contributed by atoms with Crippen LogP contribution in [0.3, 0.4) is 0 Å². The van der Waals surface area contributed by atoms with Crippen molar-refractivity contribution in [2.75, 3.05) is 13.2 Å². The molecule has 3 N–H and O–H groups in total. The summed E-state index contributed by atoms with van der Waals surface area (Å²) in [4.78, 5) is 0. The van der Waals surface area contributed by atoms with Crippen molar-refractivity contribution in [2.24, 2.45) is 11.7 Å². The van der Waals surface area contributed by atoms with Crippen LogP contribution in [0.5, 0.6) is 0 Å². The third-order valence-corrected chi connectivity index (χ3v) is 3.97. The predicted octanol–water partition coefficient (Wildman–Crippen LogP) is 2.46. The smallest absolute Gasteiger partial charge is 0.0742 e. The first kappa shape index (κ1) is 14.9. The molecule has 0 amide bonds. The summed E-state index contributed by atoms with van der Waals surface area (Å²) >= 11 is 0. The molecule has 102 valence electrons. The average Bonchev–Trinajstić information content (AvgIpc) is 2.35. The van der Waals surface area contributed by atoms with Crippen LogP contribution in [0, 0.1) is 5.92 Å². The van der Waals surface area contributed by atoms with E-state index in [1.807, 2.05) is 0 Å². The normalized spacial score (nSPS) is 28.9. The Labute approximate surface area is 106 Å². The lowest BCUT2D eigenvalue weighted by molar-refractivity contribution is -0.00323. The molecule has 1 aliphatic rings. The Morgan fingerprint density at radius 3 is 2.82 bits per heavy atom. The van der Waals surface area contributed by atoms with Gasteiger partial charge in [0.2, 0.25) is 0 Å². The Balaban J connectivity index is 2.10. The van der Waals surface area contributed by atoms with E-state index in [1.165, 1.54) is 32.1 Å². The number of ether oxygens (including phenoxy) is 1. The number of nitrogens with two attached hydrogens (primary N) is 1. The highest BCUT2D eigenvalue weighted by molar-refractivity contribution is 4.74. The molecule has 0 bridgehead atoms. The Kier molecular flexibility index (Phi) is 6.45. The maximum absolute atomic E-state index is 9.76. The molecule has 0 heterocycles. The molecule has 3 nitrogen and oxygen atoms in total. The highest BCUT2D eigenvalue weighted by Crippen LogP contribution is 2.28. The van der Waals surface area contributed by atoms with Crippen molar-refractivity contribution >= 4 is 0 Å². The van der Waals surface area contributed by atoms with Crippen molar-refractivity contribution in [2.45, 2.75) is 70.5 Å². The van der Waals surface area contributed by atoms with Gasteiger partial charge in [0.1, 0.15) is 0 Å². The summed E-state index contributed by atoms with van der Waals surface area (Å²) in [7, 11) is 0. The van der Waals surface area contributed by atoms with Crippen LogP contribution in [0.2, 0.25) is 0 Å². The molecular formula is C14H29NO2. The Hall–Kier alpha value is -0.120. The number of aliphatic hydroxyl groups is 1. The zero-order chi connectivity index (χ0) is 12.7. The van der Waals surface area contributed by atoms with E-state index >= 15 is 0 Å². The molecular weight excluding hydrogens is 214 g/mol. The van der Waals surface area contributed by atoms with Gasteiger partial charge in [-0.2, -0.15) is 0 Å². The van der Waals surface area contributed by atoms with Crippen LogP contribution in [0.4, 0.5) is 0 Å². The molecule has 0 spiro atoms. The monoisotopic (exact) mass is 243 g/mol. The van der Waals surface area contributed by atoms with Crippen molar-refractivity contribution < 1.29 is 9.84 Å². The van der Waals surface area contributed by atoms with E-state index in [2.05, 4.69) is 6.92 Å². The first-order chi connectivity index (χ1) is 8.07. The quantitative estimate of drug-likeness (QED) is 0.675. The van der Waals surface area contributed by atoms with Gasteiger partial charge in [-0.25, -0.2) is 0 Å². The first-order valence-electron chi connectivity index (χ1n) is 7.11.